The van der Waals surface area contributed by atoms with Crippen LogP contribution in [0.5, 0.6) is 5.75 Å². The fraction of sp³-hybridized carbons (Fsp3) is 0.455. The Hall–Kier alpha value is -2.16. The van der Waals surface area contributed by atoms with Crippen molar-refractivity contribution in [3.63, 3.8) is 0 Å². The summed E-state index contributed by atoms with van der Waals surface area (Å²) in [7, 11) is 0. The molecule has 0 amide bonds. The third kappa shape index (κ3) is 6.00. The van der Waals surface area contributed by atoms with Gasteiger partial charge in [0.25, 0.3) is 0 Å². The van der Waals surface area contributed by atoms with Crippen LogP contribution < -0.4 is 15.0 Å². The first-order chi connectivity index (χ1) is 12.1. The normalized spacial score (nSPS) is 10.8. The molecule has 2 aromatic rings. The number of rotatable bonds is 10. The highest BCUT2D eigenvalue weighted by Gasteiger charge is 2.05. The molecule has 0 aliphatic heterocycles. The van der Waals surface area contributed by atoms with E-state index in [4.69, 9.17) is 4.74 Å². The van der Waals surface area contributed by atoms with Gasteiger partial charge in [-0.2, -0.15) is 0 Å². The number of ether oxygens (including phenoxy) is 1. The van der Waals surface area contributed by atoms with E-state index >= 15 is 0 Å². The van der Waals surface area contributed by atoms with Crippen molar-refractivity contribution in [1.29, 1.82) is 0 Å². The minimum atomic E-state index is 0.662. The minimum Gasteiger partial charge on any atom is -0.493 e. The summed E-state index contributed by atoms with van der Waals surface area (Å²) >= 11 is 0. The lowest BCUT2D eigenvalue weighted by molar-refractivity contribution is 0.287. The van der Waals surface area contributed by atoms with E-state index in [1.54, 1.807) is 0 Å². The molecule has 1 N–H and O–H groups in total. The van der Waals surface area contributed by atoms with Gasteiger partial charge in [-0.1, -0.05) is 32.0 Å². The van der Waals surface area contributed by atoms with E-state index in [2.05, 4.69) is 80.4 Å². The van der Waals surface area contributed by atoms with Crippen molar-refractivity contribution in [2.24, 2.45) is 5.92 Å². The summed E-state index contributed by atoms with van der Waals surface area (Å²) < 4.78 is 5.97. The maximum absolute atomic E-state index is 5.97. The molecule has 0 unspecified atom stereocenters. The number of hydrogen-bond donors (Lipinski definition) is 1. The third-order valence-electron chi connectivity index (χ3n) is 4.40. The Morgan fingerprint density at radius 2 is 1.64 bits per heavy atom. The number of hydrogen-bond acceptors (Lipinski definition) is 3. The molecule has 0 aromatic heterocycles. The molecule has 0 fully saturated rings. The van der Waals surface area contributed by atoms with Crippen molar-refractivity contribution < 1.29 is 4.74 Å². The highest BCUT2D eigenvalue weighted by Crippen LogP contribution is 2.22. The maximum atomic E-state index is 5.97. The van der Waals surface area contributed by atoms with Crippen LogP contribution in [0.2, 0.25) is 0 Å². The second-order valence-electron chi connectivity index (χ2n) is 6.71. The molecule has 0 aliphatic carbocycles. The Kier molecular flexibility index (Phi) is 7.65. The third-order valence-corrected chi connectivity index (χ3v) is 4.40. The summed E-state index contributed by atoms with van der Waals surface area (Å²) in [4.78, 5) is 2.35. The standard InChI is InChI=1S/C22H32N2O/c1-5-24(6-2)21-13-11-20(12-14-21)23-17-19-9-7-8-10-22(19)25-16-15-18(3)4/h7-14,18,23H,5-6,15-17H2,1-4H3. The van der Waals surface area contributed by atoms with Crippen molar-refractivity contribution in [2.75, 3.05) is 29.9 Å². The molecule has 0 radical (unpaired) electrons. The predicted molar refractivity (Wildman–Crippen MR) is 109 cm³/mol. The molecular weight excluding hydrogens is 308 g/mol. The Morgan fingerprint density at radius 1 is 0.960 bits per heavy atom. The van der Waals surface area contributed by atoms with Gasteiger partial charge in [0.2, 0.25) is 0 Å². The molecule has 0 saturated heterocycles. The molecule has 0 spiro atoms. The van der Waals surface area contributed by atoms with E-state index < -0.39 is 0 Å². The molecule has 25 heavy (non-hydrogen) atoms. The first-order valence-corrected chi connectivity index (χ1v) is 9.43. The highest BCUT2D eigenvalue weighted by molar-refractivity contribution is 5.55. The monoisotopic (exact) mass is 340 g/mol. The molecule has 0 heterocycles. The lowest BCUT2D eigenvalue weighted by Gasteiger charge is -2.21. The summed E-state index contributed by atoms with van der Waals surface area (Å²) in [5.41, 5.74) is 3.60. The van der Waals surface area contributed by atoms with Crippen molar-refractivity contribution in [3.05, 3.63) is 54.1 Å². The summed E-state index contributed by atoms with van der Waals surface area (Å²) in [6, 6.07) is 16.9. The van der Waals surface area contributed by atoms with Gasteiger partial charge in [0.15, 0.2) is 0 Å². The second kappa shape index (κ2) is 9.97. The van der Waals surface area contributed by atoms with E-state index in [0.717, 1.165) is 44.1 Å². The van der Waals surface area contributed by atoms with E-state index in [1.807, 2.05) is 6.07 Å². The van der Waals surface area contributed by atoms with Crippen LogP contribution in [0.25, 0.3) is 0 Å². The summed E-state index contributed by atoms with van der Waals surface area (Å²) in [6.07, 6.45) is 1.08. The van der Waals surface area contributed by atoms with E-state index in [1.165, 1.54) is 11.3 Å². The lowest BCUT2D eigenvalue weighted by atomic mass is 10.1. The Morgan fingerprint density at radius 3 is 2.28 bits per heavy atom. The quantitative estimate of drug-likeness (QED) is 0.612. The van der Waals surface area contributed by atoms with Gasteiger partial charge in [0.1, 0.15) is 5.75 Å². The summed E-state index contributed by atoms with van der Waals surface area (Å²) in [5.74, 6) is 1.64. The maximum Gasteiger partial charge on any atom is 0.124 e. The van der Waals surface area contributed by atoms with Crippen LogP contribution >= 0.6 is 0 Å². The zero-order valence-corrected chi connectivity index (χ0v) is 16.1. The van der Waals surface area contributed by atoms with Crippen molar-refractivity contribution in [2.45, 2.75) is 40.7 Å². The fourth-order valence-corrected chi connectivity index (χ4v) is 2.77. The van der Waals surface area contributed by atoms with Gasteiger partial charge in [0.05, 0.1) is 6.61 Å². The van der Waals surface area contributed by atoms with Crippen LogP contribution in [-0.4, -0.2) is 19.7 Å². The van der Waals surface area contributed by atoms with Gasteiger partial charge in [-0.15, -0.1) is 0 Å². The largest absolute Gasteiger partial charge is 0.493 e. The van der Waals surface area contributed by atoms with Crippen LogP contribution in [0, 0.1) is 5.92 Å². The fourth-order valence-electron chi connectivity index (χ4n) is 2.77. The molecule has 2 aromatic carbocycles. The molecule has 0 atom stereocenters. The van der Waals surface area contributed by atoms with Crippen LogP contribution in [0.15, 0.2) is 48.5 Å². The summed E-state index contributed by atoms with van der Waals surface area (Å²) in [5, 5.41) is 3.50. The predicted octanol–water partition coefficient (Wildman–Crippen LogP) is 5.57. The number of nitrogens with one attached hydrogen (secondary N) is 1. The van der Waals surface area contributed by atoms with Crippen LogP contribution in [0.1, 0.15) is 39.7 Å². The second-order valence-corrected chi connectivity index (χ2v) is 6.71. The van der Waals surface area contributed by atoms with Gasteiger partial charge in [-0.25, -0.2) is 0 Å². The molecule has 3 heteroatoms. The van der Waals surface area contributed by atoms with Gasteiger partial charge in [-0.05, 0) is 56.5 Å². The van der Waals surface area contributed by atoms with Crippen molar-refractivity contribution in [3.8, 4) is 5.75 Å². The van der Waals surface area contributed by atoms with Crippen molar-refractivity contribution in [1.82, 2.24) is 0 Å². The van der Waals surface area contributed by atoms with Crippen LogP contribution in [0.4, 0.5) is 11.4 Å². The first kappa shape index (κ1) is 19.2. The number of para-hydroxylation sites is 1. The number of anilines is 2. The average molecular weight is 341 g/mol. The molecule has 136 valence electrons. The molecule has 0 bridgehead atoms. The number of nitrogens with zero attached hydrogens (tertiary/aromatic N) is 1. The summed E-state index contributed by atoms with van der Waals surface area (Å²) in [6.45, 7) is 12.4. The smallest absolute Gasteiger partial charge is 0.124 e. The van der Waals surface area contributed by atoms with Gasteiger partial charge < -0.3 is 15.0 Å². The average Bonchev–Trinajstić information content (AvgIpc) is 2.63. The molecule has 0 aliphatic rings. The van der Waals surface area contributed by atoms with Gasteiger partial charge in [0, 0.05) is 36.6 Å². The topological polar surface area (TPSA) is 24.5 Å². The molecule has 2 rings (SSSR count). The van der Waals surface area contributed by atoms with E-state index in [9.17, 15) is 0 Å². The minimum absolute atomic E-state index is 0.662. The Labute approximate surface area is 153 Å². The first-order valence-electron chi connectivity index (χ1n) is 9.43. The van der Waals surface area contributed by atoms with Crippen LogP contribution in [-0.2, 0) is 6.54 Å². The van der Waals surface area contributed by atoms with E-state index in [-0.39, 0.29) is 0 Å². The van der Waals surface area contributed by atoms with E-state index in [0.29, 0.717) is 5.92 Å². The Bertz CT molecular complexity index is 618. The van der Waals surface area contributed by atoms with Crippen molar-refractivity contribution >= 4 is 11.4 Å². The SMILES string of the molecule is CCN(CC)c1ccc(NCc2ccccc2OCCC(C)C)cc1. The highest BCUT2D eigenvalue weighted by atomic mass is 16.5. The van der Waals surface area contributed by atoms with Crippen LogP contribution in [0.3, 0.4) is 0 Å². The van der Waals surface area contributed by atoms with Gasteiger partial charge in [-0.3, -0.25) is 0 Å². The lowest BCUT2D eigenvalue weighted by Crippen LogP contribution is -2.21. The molecule has 3 nitrogen and oxygen atoms in total. The van der Waals surface area contributed by atoms with Gasteiger partial charge >= 0.3 is 0 Å². The molecule has 0 saturated carbocycles. The zero-order valence-electron chi connectivity index (χ0n) is 16.1. The Balaban J connectivity index is 1.94. The zero-order chi connectivity index (χ0) is 18.1. The number of benzene rings is 2. The molecular formula is C22H32N2O.